The molecule has 0 aromatic carbocycles. The second-order valence-corrected chi connectivity index (χ2v) is 6.71. The van der Waals surface area contributed by atoms with Gasteiger partial charge in [0, 0.05) is 13.0 Å². The molecular weight excluding hydrogens is 344 g/mol. The average molecular weight is 377 g/mol. The standard InChI is InChI=1S/C18H33F6N/c1-2-3-4-5-6-9-12-15-25-18(23,24)16(19)13-10-7-8-11-14-17(20,21)22/h16,25H,2-15H2,1H3. The molecule has 1 N–H and O–H groups in total. The second kappa shape index (κ2) is 13.7. The molecule has 0 spiro atoms. The van der Waals surface area contributed by atoms with Crippen LogP contribution in [0.3, 0.4) is 0 Å². The molecule has 0 aromatic rings. The highest BCUT2D eigenvalue weighted by atomic mass is 19.4. The van der Waals surface area contributed by atoms with Gasteiger partial charge in [0.05, 0.1) is 0 Å². The van der Waals surface area contributed by atoms with Gasteiger partial charge in [-0.15, -0.1) is 0 Å². The Morgan fingerprint density at radius 1 is 0.720 bits per heavy atom. The molecular formula is C18H33F6N. The average Bonchev–Trinajstić information content (AvgIpc) is 2.52. The minimum atomic E-state index is -4.18. The molecule has 0 rings (SSSR count). The molecule has 0 saturated heterocycles. The summed E-state index contributed by atoms with van der Waals surface area (Å²) >= 11 is 0. The number of alkyl halides is 6. The predicted molar refractivity (Wildman–Crippen MR) is 89.6 cm³/mol. The highest BCUT2D eigenvalue weighted by Crippen LogP contribution is 2.25. The van der Waals surface area contributed by atoms with Crippen molar-refractivity contribution in [1.82, 2.24) is 5.32 Å². The van der Waals surface area contributed by atoms with Crippen molar-refractivity contribution >= 4 is 0 Å². The summed E-state index contributed by atoms with van der Waals surface area (Å²) < 4.78 is 76.6. The molecule has 0 aliphatic rings. The molecule has 0 saturated carbocycles. The minimum Gasteiger partial charge on any atom is -0.256 e. The van der Waals surface area contributed by atoms with Crippen molar-refractivity contribution in [3.8, 4) is 0 Å². The van der Waals surface area contributed by atoms with Gasteiger partial charge in [-0.05, 0) is 19.3 Å². The quantitative estimate of drug-likeness (QED) is 0.171. The molecule has 0 aliphatic heterocycles. The van der Waals surface area contributed by atoms with Crippen LogP contribution in [0.4, 0.5) is 26.3 Å². The number of nitrogens with one attached hydrogen (secondary N) is 1. The van der Waals surface area contributed by atoms with Crippen molar-refractivity contribution in [3.63, 3.8) is 0 Å². The van der Waals surface area contributed by atoms with Crippen LogP contribution in [0.25, 0.3) is 0 Å². The molecule has 0 bridgehead atoms. The molecule has 1 nitrogen and oxygen atoms in total. The first kappa shape index (κ1) is 24.5. The maximum atomic E-state index is 13.6. The maximum Gasteiger partial charge on any atom is 0.389 e. The summed E-state index contributed by atoms with van der Waals surface area (Å²) in [7, 11) is 0. The normalized spacial score (nSPS) is 14.0. The summed E-state index contributed by atoms with van der Waals surface area (Å²) in [5, 5.41) is 1.98. The lowest BCUT2D eigenvalue weighted by Crippen LogP contribution is -2.45. The van der Waals surface area contributed by atoms with Crippen LogP contribution in [0, 0.1) is 0 Å². The van der Waals surface area contributed by atoms with E-state index in [0.717, 1.165) is 32.1 Å². The second-order valence-electron chi connectivity index (χ2n) is 6.71. The molecule has 0 radical (unpaired) electrons. The summed E-state index contributed by atoms with van der Waals surface area (Å²) in [4.78, 5) is 0. The molecule has 0 fully saturated rings. The fourth-order valence-corrected chi connectivity index (χ4v) is 2.63. The Kier molecular flexibility index (Phi) is 13.5. The molecule has 0 heterocycles. The van der Waals surface area contributed by atoms with Gasteiger partial charge in [-0.25, -0.2) is 4.39 Å². The monoisotopic (exact) mass is 377 g/mol. The SMILES string of the molecule is CCCCCCCCCNC(F)(F)C(F)CCCCCCC(F)(F)F. The zero-order valence-corrected chi connectivity index (χ0v) is 15.2. The van der Waals surface area contributed by atoms with Gasteiger partial charge >= 0.3 is 12.2 Å². The van der Waals surface area contributed by atoms with Crippen LogP contribution in [0.15, 0.2) is 0 Å². The van der Waals surface area contributed by atoms with Crippen LogP contribution in [0.2, 0.25) is 0 Å². The van der Waals surface area contributed by atoms with E-state index in [1.54, 1.807) is 0 Å². The third kappa shape index (κ3) is 15.5. The Labute approximate surface area is 147 Å². The van der Waals surface area contributed by atoms with Gasteiger partial charge in [0.15, 0.2) is 6.17 Å². The Morgan fingerprint density at radius 2 is 1.24 bits per heavy atom. The van der Waals surface area contributed by atoms with Gasteiger partial charge in [0.2, 0.25) is 0 Å². The van der Waals surface area contributed by atoms with Crippen molar-refractivity contribution in [2.75, 3.05) is 6.54 Å². The Balaban J connectivity index is 3.64. The summed E-state index contributed by atoms with van der Waals surface area (Å²) in [5.41, 5.74) is 0. The van der Waals surface area contributed by atoms with Gasteiger partial charge in [0.25, 0.3) is 0 Å². The first-order chi connectivity index (χ1) is 11.7. The topological polar surface area (TPSA) is 12.0 Å². The van der Waals surface area contributed by atoms with Crippen LogP contribution < -0.4 is 5.32 Å². The van der Waals surface area contributed by atoms with E-state index in [1.165, 1.54) is 6.42 Å². The highest BCUT2D eigenvalue weighted by Gasteiger charge is 2.38. The van der Waals surface area contributed by atoms with E-state index in [2.05, 4.69) is 6.92 Å². The van der Waals surface area contributed by atoms with E-state index in [0.29, 0.717) is 12.8 Å². The van der Waals surface area contributed by atoms with Crippen LogP contribution in [0.1, 0.15) is 90.4 Å². The summed E-state index contributed by atoms with van der Waals surface area (Å²) in [6.45, 7) is 2.20. The molecule has 0 amide bonds. The lowest BCUT2D eigenvalue weighted by Gasteiger charge is -2.22. The van der Waals surface area contributed by atoms with E-state index in [1.807, 2.05) is 5.32 Å². The number of rotatable bonds is 16. The van der Waals surface area contributed by atoms with E-state index >= 15 is 0 Å². The molecule has 1 unspecified atom stereocenters. The maximum absolute atomic E-state index is 13.6. The van der Waals surface area contributed by atoms with Crippen molar-refractivity contribution in [3.05, 3.63) is 0 Å². The first-order valence-corrected chi connectivity index (χ1v) is 9.52. The third-order valence-corrected chi connectivity index (χ3v) is 4.20. The third-order valence-electron chi connectivity index (χ3n) is 4.20. The van der Waals surface area contributed by atoms with Gasteiger partial charge in [-0.2, -0.15) is 22.0 Å². The molecule has 0 aliphatic carbocycles. The summed E-state index contributed by atoms with van der Waals surface area (Å²) in [5.74, 6) is 0. The van der Waals surface area contributed by atoms with Crippen LogP contribution >= 0.6 is 0 Å². The van der Waals surface area contributed by atoms with Crippen molar-refractivity contribution in [2.24, 2.45) is 0 Å². The van der Waals surface area contributed by atoms with Gasteiger partial charge < -0.3 is 0 Å². The van der Waals surface area contributed by atoms with E-state index in [9.17, 15) is 26.3 Å². The van der Waals surface area contributed by atoms with Crippen molar-refractivity contribution in [2.45, 2.75) is 109 Å². The minimum absolute atomic E-state index is 0.0344. The fraction of sp³-hybridized carbons (Fsp3) is 1.00. The fourth-order valence-electron chi connectivity index (χ4n) is 2.63. The molecule has 0 aromatic heterocycles. The van der Waals surface area contributed by atoms with Crippen LogP contribution in [-0.2, 0) is 0 Å². The Morgan fingerprint density at radius 3 is 1.84 bits per heavy atom. The smallest absolute Gasteiger partial charge is 0.256 e. The Hall–Kier alpha value is -0.460. The lowest BCUT2D eigenvalue weighted by atomic mass is 10.1. The number of halogens is 6. The molecule has 7 heteroatoms. The van der Waals surface area contributed by atoms with Crippen LogP contribution in [-0.4, -0.2) is 24.9 Å². The van der Waals surface area contributed by atoms with Gasteiger partial charge in [0.1, 0.15) is 0 Å². The van der Waals surface area contributed by atoms with E-state index < -0.39 is 24.8 Å². The van der Waals surface area contributed by atoms with Gasteiger partial charge in [-0.3, -0.25) is 5.32 Å². The number of hydrogen-bond acceptors (Lipinski definition) is 1. The highest BCUT2D eigenvalue weighted by molar-refractivity contribution is 4.74. The largest absolute Gasteiger partial charge is 0.389 e. The van der Waals surface area contributed by atoms with Crippen molar-refractivity contribution < 1.29 is 26.3 Å². The van der Waals surface area contributed by atoms with Crippen molar-refractivity contribution in [1.29, 1.82) is 0 Å². The van der Waals surface area contributed by atoms with Gasteiger partial charge in [-0.1, -0.05) is 64.7 Å². The zero-order chi connectivity index (χ0) is 19.2. The molecule has 25 heavy (non-hydrogen) atoms. The number of unbranched alkanes of at least 4 members (excludes halogenated alkanes) is 9. The predicted octanol–water partition coefficient (Wildman–Crippen LogP) is 7.16. The van der Waals surface area contributed by atoms with Crippen LogP contribution in [0.5, 0.6) is 0 Å². The summed E-state index contributed by atoms with van der Waals surface area (Å²) in [6.07, 6.45) is 0.137. The molecule has 152 valence electrons. The number of hydrogen-bond donors (Lipinski definition) is 1. The Bertz CT molecular complexity index is 306. The summed E-state index contributed by atoms with van der Waals surface area (Å²) in [6, 6.07) is -3.56. The van der Waals surface area contributed by atoms with E-state index in [-0.39, 0.29) is 32.2 Å². The molecule has 1 atom stereocenters. The first-order valence-electron chi connectivity index (χ1n) is 9.52. The zero-order valence-electron chi connectivity index (χ0n) is 15.2. The van der Waals surface area contributed by atoms with E-state index in [4.69, 9.17) is 0 Å². The lowest BCUT2D eigenvalue weighted by molar-refractivity contribution is -0.135.